The van der Waals surface area contributed by atoms with Gasteiger partial charge in [0.05, 0.1) is 6.10 Å². The third kappa shape index (κ3) is 3.83. The summed E-state index contributed by atoms with van der Waals surface area (Å²) >= 11 is 0. The first kappa shape index (κ1) is 18.9. The molecule has 0 radical (unpaired) electrons. The zero-order valence-electron chi connectivity index (χ0n) is 17.2. The van der Waals surface area contributed by atoms with E-state index in [-0.39, 0.29) is 0 Å². The Morgan fingerprint density at radius 2 is 1.68 bits per heavy atom. The summed E-state index contributed by atoms with van der Waals surface area (Å²) in [6, 6.07) is 8.45. The molecule has 2 aliphatic carbocycles. The Hall–Kier alpha value is -1.10. The quantitative estimate of drug-likeness (QED) is 0.798. The molecule has 0 aromatic heterocycles. The molecule has 1 aromatic carbocycles. The molecule has 2 heterocycles. The number of hydrogen-bond acceptors (Lipinski definition) is 4. The molecule has 154 valence electrons. The molecule has 2 aliphatic heterocycles. The van der Waals surface area contributed by atoms with Crippen LogP contribution in [-0.4, -0.2) is 58.8 Å². The molecule has 28 heavy (non-hydrogen) atoms. The van der Waals surface area contributed by atoms with Crippen LogP contribution >= 0.6 is 0 Å². The van der Waals surface area contributed by atoms with Crippen LogP contribution in [-0.2, 0) is 11.3 Å². The highest BCUT2D eigenvalue weighted by Gasteiger charge is 2.56. The van der Waals surface area contributed by atoms with Crippen LogP contribution in [0.2, 0.25) is 0 Å². The molecule has 1 unspecified atom stereocenters. The topological polar surface area (TPSA) is 35.9 Å². The van der Waals surface area contributed by atoms with E-state index in [2.05, 4.69) is 21.9 Å². The highest BCUT2D eigenvalue weighted by molar-refractivity contribution is 5.25. The monoisotopic (exact) mass is 384 g/mol. The molecule has 4 fully saturated rings. The molecule has 4 heteroatoms. The normalized spacial score (nSPS) is 29.1. The number of ether oxygens (including phenoxy) is 1. The van der Waals surface area contributed by atoms with Gasteiger partial charge in [-0.1, -0.05) is 31.4 Å². The van der Waals surface area contributed by atoms with Gasteiger partial charge in [-0.3, -0.25) is 9.80 Å². The van der Waals surface area contributed by atoms with Crippen LogP contribution in [0.25, 0.3) is 0 Å². The number of nitrogens with zero attached hydrogens (tertiary/aromatic N) is 2. The molecule has 2 saturated heterocycles. The zero-order valence-corrected chi connectivity index (χ0v) is 17.2. The van der Waals surface area contributed by atoms with Gasteiger partial charge in [0.25, 0.3) is 0 Å². The number of piperidine rings is 1. The highest BCUT2D eigenvalue weighted by atomic mass is 16.5. The van der Waals surface area contributed by atoms with E-state index >= 15 is 0 Å². The predicted octanol–water partition coefficient (Wildman–Crippen LogP) is 4.17. The number of phenolic OH excluding ortho intramolecular Hbond substituents is 1. The van der Waals surface area contributed by atoms with Crippen LogP contribution in [0.3, 0.4) is 0 Å². The van der Waals surface area contributed by atoms with E-state index in [1.54, 1.807) is 12.1 Å². The second-order valence-corrected chi connectivity index (χ2v) is 9.76. The molecule has 4 aliphatic rings. The molecule has 1 N–H and O–H groups in total. The number of aromatic hydroxyl groups is 1. The predicted molar refractivity (Wildman–Crippen MR) is 111 cm³/mol. The van der Waals surface area contributed by atoms with Crippen LogP contribution in [0.5, 0.6) is 5.75 Å². The fraction of sp³-hybridized carbons (Fsp3) is 0.750. The number of phenols is 1. The second kappa shape index (κ2) is 7.97. The van der Waals surface area contributed by atoms with Crippen molar-refractivity contribution in [2.24, 2.45) is 5.92 Å². The van der Waals surface area contributed by atoms with E-state index in [0.717, 1.165) is 25.1 Å². The fourth-order valence-electron chi connectivity index (χ4n) is 5.88. The molecular formula is C24H36N2O2. The van der Waals surface area contributed by atoms with Crippen LogP contribution < -0.4 is 0 Å². The van der Waals surface area contributed by atoms with Crippen molar-refractivity contribution in [2.45, 2.75) is 82.0 Å². The molecule has 2 saturated carbocycles. The minimum atomic E-state index is 0.358. The summed E-state index contributed by atoms with van der Waals surface area (Å²) in [5, 5.41) is 9.48. The molecule has 1 atom stereocenters. The van der Waals surface area contributed by atoms with Crippen LogP contribution in [0.15, 0.2) is 24.3 Å². The molecule has 1 aromatic rings. The van der Waals surface area contributed by atoms with Gasteiger partial charge in [0.15, 0.2) is 0 Å². The van der Waals surface area contributed by atoms with Crippen molar-refractivity contribution in [1.29, 1.82) is 0 Å². The summed E-state index contributed by atoms with van der Waals surface area (Å²) in [7, 11) is 0. The van der Waals surface area contributed by atoms with Gasteiger partial charge in [-0.25, -0.2) is 0 Å². The maximum absolute atomic E-state index is 9.48. The Morgan fingerprint density at radius 3 is 2.36 bits per heavy atom. The smallest absolute Gasteiger partial charge is 0.115 e. The Balaban J connectivity index is 1.16. The summed E-state index contributed by atoms with van der Waals surface area (Å²) in [6.07, 6.45) is 12.8. The van der Waals surface area contributed by atoms with E-state index in [9.17, 15) is 5.11 Å². The Kier molecular flexibility index (Phi) is 5.38. The maximum Gasteiger partial charge on any atom is 0.115 e. The van der Waals surface area contributed by atoms with E-state index in [1.807, 2.05) is 0 Å². The highest BCUT2D eigenvalue weighted by Crippen LogP contribution is 2.48. The minimum absolute atomic E-state index is 0.358. The summed E-state index contributed by atoms with van der Waals surface area (Å²) in [5.41, 5.74) is 1.68. The van der Waals surface area contributed by atoms with Crippen molar-refractivity contribution in [3.63, 3.8) is 0 Å². The lowest BCUT2D eigenvalue weighted by Crippen LogP contribution is -2.75. The summed E-state index contributed by atoms with van der Waals surface area (Å²) in [4.78, 5) is 5.46. The average molecular weight is 385 g/mol. The summed E-state index contributed by atoms with van der Waals surface area (Å²) < 4.78 is 6.45. The van der Waals surface area contributed by atoms with Gasteiger partial charge in [0.1, 0.15) is 5.75 Å². The van der Waals surface area contributed by atoms with Gasteiger partial charge in [-0.05, 0) is 75.2 Å². The number of benzene rings is 1. The molecule has 4 nitrogen and oxygen atoms in total. The van der Waals surface area contributed by atoms with Gasteiger partial charge < -0.3 is 9.84 Å². The van der Waals surface area contributed by atoms with Gasteiger partial charge in [-0.2, -0.15) is 0 Å². The Labute approximate surface area is 169 Å². The fourth-order valence-corrected chi connectivity index (χ4v) is 5.88. The van der Waals surface area contributed by atoms with Gasteiger partial charge in [0.2, 0.25) is 0 Å². The van der Waals surface area contributed by atoms with Crippen LogP contribution in [0, 0.1) is 5.92 Å². The minimum Gasteiger partial charge on any atom is -0.508 e. The summed E-state index contributed by atoms with van der Waals surface area (Å²) in [5.74, 6) is 1.23. The van der Waals surface area contributed by atoms with Crippen LogP contribution in [0.4, 0.5) is 0 Å². The molecule has 5 rings (SSSR count). The van der Waals surface area contributed by atoms with E-state index in [0.29, 0.717) is 17.4 Å². The zero-order chi connectivity index (χ0) is 19.0. The van der Waals surface area contributed by atoms with Crippen molar-refractivity contribution in [2.75, 3.05) is 26.2 Å². The SMILES string of the molecule is Oc1ccc(CN2CCC(N3CC(OCC4CC4)C34CCCCC4)CC2)cc1. The van der Waals surface area contributed by atoms with Gasteiger partial charge in [-0.15, -0.1) is 0 Å². The first-order valence-electron chi connectivity index (χ1n) is 11.6. The Bertz CT molecular complexity index is 643. The standard InChI is InChI=1S/C24H36N2O2/c27-22-8-6-19(7-9-22)16-25-14-10-21(11-15-25)26-17-23(28-18-20-4-5-20)24(26)12-2-1-3-13-24/h6-9,20-21,23,27H,1-5,10-18H2. The maximum atomic E-state index is 9.48. The van der Waals surface area contributed by atoms with Crippen molar-refractivity contribution in [3.8, 4) is 5.75 Å². The van der Waals surface area contributed by atoms with Gasteiger partial charge >= 0.3 is 0 Å². The third-order valence-corrected chi connectivity index (χ3v) is 7.82. The van der Waals surface area contributed by atoms with Crippen molar-refractivity contribution in [3.05, 3.63) is 29.8 Å². The van der Waals surface area contributed by atoms with Gasteiger partial charge in [0, 0.05) is 31.3 Å². The third-order valence-electron chi connectivity index (χ3n) is 7.82. The largest absolute Gasteiger partial charge is 0.508 e. The molecule has 1 spiro atoms. The lowest BCUT2D eigenvalue weighted by Gasteiger charge is -2.63. The summed E-state index contributed by atoms with van der Waals surface area (Å²) in [6.45, 7) is 5.57. The lowest BCUT2D eigenvalue weighted by atomic mass is 9.69. The molecular weight excluding hydrogens is 348 g/mol. The Morgan fingerprint density at radius 1 is 0.964 bits per heavy atom. The van der Waals surface area contributed by atoms with Crippen LogP contribution in [0.1, 0.15) is 63.4 Å². The van der Waals surface area contributed by atoms with Crippen molar-refractivity contribution >= 4 is 0 Å². The number of rotatable bonds is 6. The number of hydrogen-bond donors (Lipinski definition) is 1. The molecule has 0 bridgehead atoms. The van der Waals surface area contributed by atoms with Crippen molar-refractivity contribution < 1.29 is 9.84 Å². The lowest BCUT2D eigenvalue weighted by molar-refractivity contribution is -0.203. The average Bonchev–Trinajstić information content (AvgIpc) is 3.55. The molecule has 0 amide bonds. The first-order valence-corrected chi connectivity index (χ1v) is 11.6. The van der Waals surface area contributed by atoms with E-state index in [1.165, 1.54) is 83.0 Å². The van der Waals surface area contributed by atoms with Crippen molar-refractivity contribution in [1.82, 2.24) is 9.80 Å². The van der Waals surface area contributed by atoms with E-state index in [4.69, 9.17) is 4.74 Å². The number of likely N-dealkylation sites (tertiary alicyclic amines) is 2. The second-order valence-electron chi connectivity index (χ2n) is 9.76. The first-order chi connectivity index (χ1) is 13.7. The van der Waals surface area contributed by atoms with E-state index < -0.39 is 0 Å².